The number of allylic oxidation sites excluding steroid dienone is 2. The fourth-order valence-electron chi connectivity index (χ4n) is 8.69. The Bertz CT molecular complexity index is 1620. The number of benzene rings is 2. The first-order valence-corrected chi connectivity index (χ1v) is 14.4. The molecule has 2 bridgehead atoms. The molecule has 8 heteroatoms. The van der Waals surface area contributed by atoms with Gasteiger partial charge in [0, 0.05) is 41.6 Å². The molecule has 7 aliphatic rings. The molecule has 8 nitrogen and oxygen atoms in total. The quantitative estimate of drug-likeness (QED) is 0.331. The Morgan fingerprint density at radius 1 is 0.833 bits per heavy atom. The van der Waals surface area contributed by atoms with E-state index >= 15 is 0 Å². The van der Waals surface area contributed by atoms with E-state index in [0.29, 0.717) is 5.76 Å². The molecule has 9 rings (SSSR count). The molecule has 42 heavy (non-hydrogen) atoms. The number of hydrogen-bond donors (Lipinski definition) is 1. The van der Waals surface area contributed by atoms with Crippen LogP contribution in [0, 0.1) is 35.0 Å². The van der Waals surface area contributed by atoms with Gasteiger partial charge in [0.1, 0.15) is 35.2 Å². The first kappa shape index (κ1) is 25.3. The van der Waals surface area contributed by atoms with Gasteiger partial charge in [0.25, 0.3) is 0 Å². The standard InChI is InChI=1S/C34H28O8/c35-22(12-11-17-7-3-1-4-8-17)28-20-14-26(37)42-33(20)29-19-13-25-34(30(29)31(28)39,21-15-27(38)41-32(19)21)24(36)16-23(40-25)18-9-5-2-6-10-18/h1-13,19-21,23,29-30,32-33,35H,14-16H2/b12-11+,28-22-/t19-,20-,21+,23-,29-,30+,32-,33+,34+/m1/s1. The molecule has 2 aromatic rings. The number of carbonyl (C=O) groups excluding carboxylic acids is 4. The van der Waals surface area contributed by atoms with Crippen molar-refractivity contribution in [2.75, 3.05) is 0 Å². The highest BCUT2D eigenvalue weighted by Crippen LogP contribution is 2.70. The summed E-state index contributed by atoms with van der Waals surface area (Å²) in [5, 5.41) is 11.4. The van der Waals surface area contributed by atoms with Gasteiger partial charge in [-0.1, -0.05) is 66.7 Å². The maximum Gasteiger partial charge on any atom is 0.306 e. The van der Waals surface area contributed by atoms with Gasteiger partial charge in [0.05, 0.1) is 12.8 Å². The van der Waals surface area contributed by atoms with Crippen molar-refractivity contribution in [3.63, 3.8) is 0 Å². The molecule has 212 valence electrons. The Kier molecular flexibility index (Phi) is 5.42. The average Bonchev–Trinajstić information content (AvgIpc) is 3.59. The van der Waals surface area contributed by atoms with Gasteiger partial charge >= 0.3 is 11.9 Å². The molecule has 3 heterocycles. The Morgan fingerprint density at radius 3 is 2.29 bits per heavy atom. The van der Waals surface area contributed by atoms with Gasteiger partial charge in [-0.05, 0) is 23.3 Å². The summed E-state index contributed by atoms with van der Waals surface area (Å²) in [7, 11) is 0. The fourth-order valence-corrected chi connectivity index (χ4v) is 8.69. The summed E-state index contributed by atoms with van der Waals surface area (Å²) < 4.78 is 18.2. The lowest BCUT2D eigenvalue weighted by Gasteiger charge is -2.62. The molecule has 0 amide bonds. The van der Waals surface area contributed by atoms with Gasteiger partial charge in [0.2, 0.25) is 0 Å². The molecule has 9 atom stereocenters. The lowest BCUT2D eigenvalue weighted by Crippen LogP contribution is -2.69. The van der Waals surface area contributed by atoms with E-state index in [1.54, 1.807) is 6.08 Å². The molecule has 3 aliphatic heterocycles. The van der Waals surface area contributed by atoms with Crippen molar-refractivity contribution < 1.29 is 38.5 Å². The average molecular weight is 565 g/mol. The van der Waals surface area contributed by atoms with Crippen LogP contribution in [-0.2, 0) is 33.4 Å². The Hall–Kier alpha value is -4.46. The van der Waals surface area contributed by atoms with Crippen LogP contribution in [0.2, 0.25) is 0 Å². The topological polar surface area (TPSA) is 116 Å². The summed E-state index contributed by atoms with van der Waals surface area (Å²) in [5.41, 5.74) is 0.320. The van der Waals surface area contributed by atoms with Crippen LogP contribution in [0.4, 0.5) is 0 Å². The molecule has 0 radical (unpaired) electrons. The second-order valence-electron chi connectivity index (χ2n) is 12.1. The minimum atomic E-state index is -1.45. The van der Waals surface area contributed by atoms with Crippen molar-refractivity contribution in [3.05, 3.63) is 101 Å². The summed E-state index contributed by atoms with van der Waals surface area (Å²) in [4.78, 5) is 54.7. The Labute approximate surface area is 241 Å². The van der Waals surface area contributed by atoms with Crippen molar-refractivity contribution in [2.45, 2.75) is 37.6 Å². The normalized spacial score (nSPS) is 39.0. The second kappa shape index (κ2) is 9.02. The first-order chi connectivity index (χ1) is 20.4. The van der Waals surface area contributed by atoms with Crippen LogP contribution in [0.1, 0.15) is 36.5 Å². The lowest BCUT2D eigenvalue weighted by atomic mass is 9.41. The van der Waals surface area contributed by atoms with E-state index < -0.39 is 71.0 Å². The molecular weight excluding hydrogens is 536 g/mol. The molecular formula is C34H28O8. The maximum absolute atomic E-state index is 14.7. The van der Waals surface area contributed by atoms with Crippen molar-refractivity contribution in [3.8, 4) is 0 Å². The number of aliphatic hydroxyl groups is 1. The van der Waals surface area contributed by atoms with Crippen LogP contribution in [-0.4, -0.2) is 40.8 Å². The molecule has 4 aliphatic carbocycles. The van der Waals surface area contributed by atoms with Crippen LogP contribution in [0.15, 0.2) is 89.9 Å². The zero-order chi connectivity index (χ0) is 28.7. The lowest BCUT2D eigenvalue weighted by molar-refractivity contribution is -0.197. The van der Waals surface area contributed by atoms with E-state index in [1.165, 1.54) is 6.08 Å². The minimum absolute atomic E-state index is 0.00701. The van der Waals surface area contributed by atoms with Crippen LogP contribution >= 0.6 is 0 Å². The van der Waals surface area contributed by atoms with E-state index in [4.69, 9.17) is 14.2 Å². The number of ketones is 2. The van der Waals surface area contributed by atoms with Crippen molar-refractivity contribution in [1.29, 1.82) is 0 Å². The summed E-state index contributed by atoms with van der Waals surface area (Å²) >= 11 is 0. The highest BCUT2D eigenvalue weighted by atomic mass is 16.6. The van der Waals surface area contributed by atoms with E-state index in [2.05, 4.69) is 0 Å². The third-order valence-corrected chi connectivity index (χ3v) is 10.2. The van der Waals surface area contributed by atoms with Crippen LogP contribution in [0.3, 0.4) is 0 Å². The van der Waals surface area contributed by atoms with Crippen molar-refractivity contribution in [1.82, 2.24) is 0 Å². The summed E-state index contributed by atoms with van der Waals surface area (Å²) in [6, 6.07) is 18.8. The molecule has 2 aromatic carbocycles. The zero-order valence-electron chi connectivity index (χ0n) is 22.6. The Morgan fingerprint density at radius 2 is 1.52 bits per heavy atom. The smallest absolute Gasteiger partial charge is 0.306 e. The van der Waals surface area contributed by atoms with Crippen molar-refractivity contribution >= 4 is 29.6 Å². The predicted molar refractivity (Wildman–Crippen MR) is 147 cm³/mol. The van der Waals surface area contributed by atoms with Gasteiger partial charge in [-0.2, -0.15) is 0 Å². The molecule has 5 fully saturated rings. The first-order valence-electron chi connectivity index (χ1n) is 14.4. The number of fused-ring (bicyclic) bond motifs is 1. The number of ether oxygens (including phenoxy) is 3. The number of aliphatic hydroxyl groups excluding tert-OH is 1. The van der Waals surface area contributed by atoms with Gasteiger partial charge in [-0.15, -0.1) is 0 Å². The van der Waals surface area contributed by atoms with Gasteiger partial charge < -0.3 is 19.3 Å². The summed E-state index contributed by atoms with van der Waals surface area (Å²) in [6.07, 6.45) is 3.09. The summed E-state index contributed by atoms with van der Waals surface area (Å²) in [6.45, 7) is 0. The van der Waals surface area contributed by atoms with E-state index in [0.717, 1.165) is 11.1 Å². The molecule has 2 saturated carbocycles. The maximum atomic E-state index is 14.7. The fraction of sp³-hybridized carbons (Fsp3) is 0.353. The number of carbonyl (C=O) groups is 4. The Balaban J connectivity index is 1.28. The highest BCUT2D eigenvalue weighted by Gasteiger charge is 2.77. The number of rotatable bonds is 3. The monoisotopic (exact) mass is 564 g/mol. The van der Waals surface area contributed by atoms with Gasteiger partial charge in [-0.3, -0.25) is 19.2 Å². The van der Waals surface area contributed by atoms with Gasteiger partial charge in [-0.25, -0.2) is 0 Å². The third-order valence-electron chi connectivity index (χ3n) is 10.2. The highest BCUT2D eigenvalue weighted by molar-refractivity contribution is 6.07. The summed E-state index contributed by atoms with van der Waals surface area (Å²) in [5.74, 6) is -4.59. The number of esters is 2. The number of Topliss-reactive ketones (excluding diaryl/α,β-unsaturated/α-hetero) is 2. The minimum Gasteiger partial charge on any atom is -0.508 e. The third kappa shape index (κ3) is 3.35. The SMILES string of the molecule is O=C1C[C@@H]2/C(=C(O)\C=C\c3ccccc3)C(=O)[C@@H]3[C@@H]([C@H]4C=C5O[C@@H](c6ccccc6)CC(=O)[C@@]53[C@H]3CC(=O)O[C@H]43)[C@H]2O1. The van der Waals surface area contributed by atoms with E-state index in [9.17, 15) is 24.3 Å². The molecule has 0 unspecified atom stereocenters. The zero-order valence-corrected chi connectivity index (χ0v) is 22.6. The van der Waals surface area contributed by atoms with Crippen LogP contribution in [0.5, 0.6) is 0 Å². The molecule has 1 spiro atoms. The van der Waals surface area contributed by atoms with Crippen LogP contribution < -0.4 is 0 Å². The van der Waals surface area contributed by atoms with Crippen molar-refractivity contribution in [2.24, 2.45) is 35.0 Å². The van der Waals surface area contributed by atoms with Gasteiger partial charge in [0.15, 0.2) is 11.6 Å². The second-order valence-corrected chi connectivity index (χ2v) is 12.1. The molecule has 0 aromatic heterocycles. The number of hydrogen-bond acceptors (Lipinski definition) is 8. The van der Waals surface area contributed by atoms with E-state index in [-0.39, 0.29) is 36.4 Å². The predicted octanol–water partition coefficient (Wildman–Crippen LogP) is 4.43. The molecule has 1 N–H and O–H groups in total. The van der Waals surface area contributed by atoms with Crippen LogP contribution in [0.25, 0.3) is 6.08 Å². The van der Waals surface area contributed by atoms with E-state index in [1.807, 2.05) is 66.7 Å². The largest absolute Gasteiger partial charge is 0.508 e. The molecule has 3 saturated heterocycles.